The predicted molar refractivity (Wildman–Crippen MR) is 93.2 cm³/mol. The van der Waals surface area contributed by atoms with Gasteiger partial charge in [-0.05, 0) is 16.7 Å². The molecule has 0 amide bonds. The average molecular weight is 285 g/mol. The van der Waals surface area contributed by atoms with Crippen LogP contribution in [0.3, 0.4) is 0 Å². The van der Waals surface area contributed by atoms with Gasteiger partial charge in [-0.3, -0.25) is 0 Å². The maximum Gasteiger partial charge on any atom is 0.0395 e. The maximum atomic E-state index is 3.44. The molecule has 3 aromatic carbocycles. The predicted octanol–water partition coefficient (Wildman–Crippen LogP) is 4.87. The van der Waals surface area contributed by atoms with Gasteiger partial charge in [-0.25, -0.2) is 0 Å². The topological polar surface area (TPSA) is 12.0 Å². The Labute approximate surface area is 132 Å². The fourth-order valence-corrected chi connectivity index (χ4v) is 2.44. The van der Waals surface area contributed by atoms with E-state index < -0.39 is 0 Å². The normalized spacial score (nSPS) is 10.0. The third-order valence-electron chi connectivity index (χ3n) is 3.56. The largest absolute Gasteiger partial charge is 0.386 e. The molecule has 0 aromatic heterocycles. The van der Waals surface area contributed by atoms with E-state index in [0.717, 1.165) is 6.54 Å². The molecule has 1 heteroatoms. The Hall–Kier alpha value is -2.80. The van der Waals surface area contributed by atoms with Gasteiger partial charge in [-0.15, -0.1) is 0 Å². The zero-order valence-electron chi connectivity index (χ0n) is 12.4. The first kappa shape index (κ1) is 14.2. The number of nitrogens with one attached hydrogen (secondary N) is 1. The summed E-state index contributed by atoms with van der Waals surface area (Å²) in [6, 6.07) is 31.4. The van der Waals surface area contributed by atoms with Crippen molar-refractivity contribution >= 4 is 5.57 Å². The van der Waals surface area contributed by atoms with Gasteiger partial charge in [0.1, 0.15) is 0 Å². The minimum atomic E-state index is 0.823. The van der Waals surface area contributed by atoms with Crippen molar-refractivity contribution < 1.29 is 0 Å². The van der Waals surface area contributed by atoms with E-state index in [2.05, 4.69) is 84.3 Å². The molecule has 0 heterocycles. The van der Waals surface area contributed by atoms with Crippen LogP contribution < -0.4 is 5.32 Å². The average Bonchev–Trinajstić information content (AvgIpc) is 2.61. The van der Waals surface area contributed by atoms with Crippen LogP contribution in [0.25, 0.3) is 5.57 Å². The summed E-state index contributed by atoms with van der Waals surface area (Å²) < 4.78 is 0. The Morgan fingerprint density at radius 3 is 1.59 bits per heavy atom. The molecule has 0 atom stereocenters. The second kappa shape index (κ2) is 7.28. The van der Waals surface area contributed by atoms with E-state index in [-0.39, 0.29) is 0 Å². The van der Waals surface area contributed by atoms with Crippen LogP contribution in [0.4, 0.5) is 0 Å². The highest BCUT2D eigenvalue weighted by Crippen LogP contribution is 2.22. The van der Waals surface area contributed by atoms with E-state index >= 15 is 0 Å². The lowest BCUT2D eigenvalue weighted by Crippen LogP contribution is -2.06. The number of hydrogen-bond donors (Lipinski definition) is 1. The lowest BCUT2D eigenvalue weighted by Gasteiger charge is -2.10. The third-order valence-corrected chi connectivity index (χ3v) is 3.56. The molecule has 3 rings (SSSR count). The van der Waals surface area contributed by atoms with E-state index in [1.165, 1.54) is 22.3 Å². The third kappa shape index (κ3) is 3.64. The summed E-state index contributed by atoms with van der Waals surface area (Å²) in [6.45, 7) is 0.823. The van der Waals surface area contributed by atoms with E-state index in [4.69, 9.17) is 0 Å². The van der Waals surface area contributed by atoms with Gasteiger partial charge in [0.2, 0.25) is 0 Å². The second-order valence-corrected chi connectivity index (χ2v) is 5.16. The van der Waals surface area contributed by atoms with Gasteiger partial charge in [-0.2, -0.15) is 0 Å². The molecular formula is C21H19N. The van der Waals surface area contributed by atoms with Gasteiger partial charge in [0.05, 0.1) is 0 Å². The second-order valence-electron chi connectivity index (χ2n) is 5.16. The molecular weight excluding hydrogens is 266 g/mol. The summed E-state index contributed by atoms with van der Waals surface area (Å²) in [5.74, 6) is 0. The number of rotatable bonds is 5. The van der Waals surface area contributed by atoms with Crippen molar-refractivity contribution in [1.29, 1.82) is 0 Å². The SMILES string of the molecule is C(NCc1ccccc1)=C(c1ccccc1)c1ccccc1. The van der Waals surface area contributed by atoms with Gasteiger partial charge in [-0.1, -0.05) is 91.0 Å². The fraction of sp³-hybridized carbons (Fsp3) is 0.0476. The van der Waals surface area contributed by atoms with Crippen molar-refractivity contribution in [1.82, 2.24) is 5.32 Å². The molecule has 0 aliphatic carbocycles. The van der Waals surface area contributed by atoms with E-state index in [9.17, 15) is 0 Å². The standard InChI is InChI=1S/C21H19N/c1-4-10-18(11-5-1)16-22-17-21(19-12-6-2-7-13-19)20-14-8-3-9-15-20/h1-15,17,22H,16H2. The molecule has 0 spiro atoms. The molecule has 22 heavy (non-hydrogen) atoms. The monoisotopic (exact) mass is 285 g/mol. The molecule has 0 radical (unpaired) electrons. The summed E-state index contributed by atoms with van der Waals surface area (Å²) in [5, 5.41) is 3.44. The molecule has 0 aliphatic heterocycles. The number of benzene rings is 3. The van der Waals surface area contributed by atoms with Crippen molar-refractivity contribution in [2.75, 3.05) is 0 Å². The minimum Gasteiger partial charge on any atom is -0.386 e. The summed E-state index contributed by atoms with van der Waals surface area (Å²) in [6.07, 6.45) is 2.11. The van der Waals surface area contributed by atoms with Crippen molar-refractivity contribution in [3.8, 4) is 0 Å². The quantitative estimate of drug-likeness (QED) is 0.705. The molecule has 0 saturated heterocycles. The van der Waals surface area contributed by atoms with E-state index in [0.29, 0.717) is 0 Å². The minimum absolute atomic E-state index is 0.823. The smallest absolute Gasteiger partial charge is 0.0395 e. The van der Waals surface area contributed by atoms with E-state index in [1.54, 1.807) is 0 Å². The van der Waals surface area contributed by atoms with Gasteiger partial charge < -0.3 is 5.32 Å². The van der Waals surface area contributed by atoms with Crippen molar-refractivity contribution in [3.63, 3.8) is 0 Å². The van der Waals surface area contributed by atoms with Crippen LogP contribution in [-0.4, -0.2) is 0 Å². The van der Waals surface area contributed by atoms with Crippen LogP contribution in [0.15, 0.2) is 97.2 Å². The van der Waals surface area contributed by atoms with Crippen molar-refractivity contribution in [3.05, 3.63) is 114 Å². The molecule has 0 aliphatic rings. The van der Waals surface area contributed by atoms with Crippen LogP contribution in [0.1, 0.15) is 16.7 Å². The van der Waals surface area contributed by atoms with Gasteiger partial charge in [0, 0.05) is 18.3 Å². The van der Waals surface area contributed by atoms with Crippen LogP contribution in [0.2, 0.25) is 0 Å². The summed E-state index contributed by atoms with van der Waals surface area (Å²) in [5.41, 5.74) is 4.92. The Bertz CT molecular complexity index is 674. The Morgan fingerprint density at radius 2 is 1.09 bits per heavy atom. The van der Waals surface area contributed by atoms with Crippen LogP contribution in [-0.2, 0) is 6.54 Å². The Kier molecular flexibility index (Phi) is 4.68. The molecule has 1 nitrogen and oxygen atoms in total. The lowest BCUT2D eigenvalue weighted by molar-refractivity contribution is 0.871. The molecule has 0 unspecified atom stereocenters. The molecule has 0 fully saturated rings. The van der Waals surface area contributed by atoms with Gasteiger partial charge in [0.15, 0.2) is 0 Å². The van der Waals surface area contributed by atoms with Gasteiger partial charge >= 0.3 is 0 Å². The van der Waals surface area contributed by atoms with Crippen molar-refractivity contribution in [2.45, 2.75) is 6.54 Å². The summed E-state index contributed by atoms with van der Waals surface area (Å²) in [4.78, 5) is 0. The Morgan fingerprint density at radius 1 is 0.636 bits per heavy atom. The number of hydrogen-bond acceptors (Lipinski definition) is 1. The van der Waals surface area contributed by atoms with Crippen molar-refractivity contribution in [2.24, 2.45) is 0 Å². The zero-order valence-corrected chi connectivity index (χ0v) is 12.4. The lowest BCUT2D eigenvalue weighted by atomic mass is 9.99. The molecule has 0 bridgehead atoms. The highest BCUT2D eigenvalue weighted by molar-refractivity contribution is 5.79. The zero-order chi connectivity index (χ0) is 15.0. The highest BCUT2D eigenvalue weighted by Gasteiger charge is 2.03. The van der Waals surface area contributed by atoms with Crippen LogP contribution in [0.5, 0.6) is 0 Å². The molecule has 0 saturated carbocycles. The first-order chi connectivity index (χ1) is 10.9. The fourth-order valence-electron chi connectivity index (χ4n) is 2.44. The summed E-state index contributed by atoms with van der Waals surface area (Å²) in [7, 11) is 0. The van der Waals surface area contributed by atoms with Gasteiger partial charge in [0.25, 0.3) is 0 Å². The van der Waals surface area contributed by atoms with E-state index in [1.807, 2.05) is 18.2 Å². The molecule has 1 N–H and O–H groups in total. The van der Waals surface area contributed by atoms with Crippen LogP contribution >= 0.6 is 0 Å². The summed E-state index contributed by atoms with van der Waals surface area (Å²) >= 11 is 0. The first-order valence-electron chi connectivity index (χ1n) is 7.52. The van der Waals surface area contributed by atoms with Crippen LogP contribution in [0, 0.1) is 0 Å². The maximum absolute atomic E-state index is 3.44. The first-order valence-corrected chi connectivity index (χ1v) is 7.52. The highest BCUT2D eigenvalue weighted by atomic mass is 14.8. The molecule has 108 valence electrons. The molecule has 3 aromatic rings. The Balaban J connectivity index is 1.84.